The predicted octanol–water partition coefficient (Wildman–Crippen LogP) is 5.43. The van der Waals surface area contributed by atoms with Gasteiger partial charge in [-0.2, -0.15) is 0 Å². The monoisotopic (exact) mass is 789 g/mol. The van der Waals surface area contributed by atoms with Gasteiger partial charge in [-0.25, -0.2) is 4.39 Å². The van der Waals surface area contributed by atoms with Crippen LogP contribution in [0.4, 0.5) is 4.39 Å². The van der Waals surface area contributed by atoms with E-state index in [0.717, 1.165) is 43.0 Å². The summed E-state index contributed by atoms with van der Waals surface area (Å²) in [5.41, 5.74) is 6.81. The zero-order chi connectivity index (χ0) is 27.8. The van der Waals surface area contributed by atoms with Gasteiger partial charge in [-0.1, -0.05) is 31.9 Å². The first-order valence-electron chi connectivity index (χ1n) is 13.2. The molecule has 0 saturated carbocycles. The van der Waals surface area contributed by atoms with E-state index >= 15 is 0 Å². The average molecular weight is 790 g/mol. The number of carbonyl (C=O) groups excluding carboxylic acids is 2. The fourth-order valence-corrected chi connectivity index (χ4v) is 4.71. The van der Waals surface area contributed by atoms with Crippen LogP contribution in [0.2, 0.25) is 0 Å². The Morgan fingerprint density at radius 1 is 1.28 bits per heavy atom. The molecule has 39 heavy (non-hydrogen) atoms. The summed E-state index contributed by atoms with van der Waals surface area (Å²) in [6.45, 7) is 17.3. The Kier molecular flexibility index (Phi) is 21.9. The summed E-state index contributed by atoms with van der Waals surface area (Å²) in [4.78, 5) is 23.3. The van der Waals surface area contributed by atoms with Crippen molar-refractivity contribution in [1.82, 2.24) is 10.2 Å². The first-order chi connectivity index (χ1) is 17.5. The van der Waals surface area contributed by atoms with Crippen LogP contribution in [0.5, 0.6) is 0 Å². The first-order valence-corrected chi connectivity index (χ1v) is 14.1. The summed E-state index contributed by atoms with van der Waals surface area (Å²) >= 11 is 1.47. The third-order valence-electron chi connectivity index (χ3n) is 6.43. The molecule has 1 aromatic heterocycles. The molecule has 10 heteroatoms. The number of halogens is 1. The van der Waals surface area contributed by atoms with Crippen molar-refractivity contribution in [3.05, 3.63) is 62.8 Å². The Bertz CT molecular complexity index is 914. The number of benzene rings is 1. The number of thiophene rings is 1. The van der Waals surface area contributed by atoms with Crippen molar-refractivity contribution in [2.75, 3.05) is 26.2 Å². The number of amides is 2. The van der Waals surface area contributed by atoms with Crippen molar-refractivity contribution in [3.8, 4) is 0 Å². The quantitative estimate of drug-likeness (QED) is 0.403. The molecule has 0 radical (unpaired) electrons. The number of nitrogens with one attached hydrogen (secondary N) is 1. The van der Waals surface area contributed by atoms with Crippen LogP contribution in [-0.4, -0.2) is 60.5 Å². The molecule has 220 valence electrons. The number of aryl methyl sites for hydroxylation is 1. The van der Waals surface area contributed by atoms with E-state index in [0.29, 0.717) is 5.92 Å². The minimum Gasteiger partial charge on any atom is -0.662 e. The number of nitrogens with two attached hydrogens (primary N) is 1. The Hall–Kier alpha value is -1.28. The molecular weight excluding hydrogens is 741 g/mol. The Balaban J connectivity index is 0. The van der Waals surface area contributed by atoms with Gasteiger partial charge < -0.3 is 21.8 Å². The van der Waals surface area contributed by atoms with Crippen LogP contribution in [0.15, 0.2) is 35.7 Å². The summed E-state index contributed by atoms with van der Waals surface area (Å²) in [6.07, 6.45) is 5.07. The Morgan fingerprint density at radius 2 is 1.90 bits per heavy atom. The number of hydrogen-bond donors (Lipinski definition) is 2. The number of carbonyl (C=O) groups is 2. The van der Waals surface area contributed by atoms with Gasteiger partial charge in [0.25, 0.3) is 5.91 Å². The maximum absolute atomic E-state index is 13.1. The zero-order valence-corrected chi connectivity index (χ0v) is 29.4. The average Bonchev–Trinajstić information content (AvgIpc) is 3.64. The van der Waals surface area contributed by atoms with Crippen LogP contribution >= 0.6 is 11.3 Å². The molecule has 1 unspecified atom stereocenters. The number of primary amides is 1. The second kappa shape index (κ2) is 21.5. The molecule has 0 bridgehead atoms. The second-order valence-electron chi connectivity index (χ2n) is 10.4. The third-order valence-corrected chi connectivity index (χ3v) is 7.29. The van der Waals surface area contributed by atoms with Crippen molar-refractivity contribution in [3.63, 3.8) is 0 Å². The third kappa shape index (κ3) is 15.9. The van der Waals surface area contributed by atoms with Crippen LogP contribution in [0.3, 0.4) is 0 Å². The fraction of sp³-hybridized carbons (Fsp3) is 0.586. The number of nitrogens with zero attached hydrogens (tertiary/aromatic N) is 2. The maximum atomic E-state index is 13.1. The number of hydrogen-bond acceptors (Lipinski definition) is 4. The molecule has 2 saturated heterocycles. The van der Waals surface area contributed by atoms with E-state index in [1.54, 1.807) is 12.1 Å². The smallest absolute Gasteiger partial charge is 0.261 e. The van der Waals surface area contributed by atoms with Crippen LogP contribution in [0.1, 0.15) is 87.0 Å². The van der Waals surface area contributed by atoms with E-state index in [2.05, 4.69) is 49.0 Å². The number of rotatable bonds is 4. The van der Waals surface area contributed by atoms with Gasteiger partial charge in [-0.3, -0.25) is 14.5 Å². The van der Waals surface area contributed by atoms with Crippen molar-refractivity contribution >= 4 is 23.7 Å². The summed E-state index contributed by atoms with van der Waals surface area (Å²) < 4.78 is 13.1. The van der Waals surface area contributed by atoms with Gasteiger partial charge in [0.2, 0.25) is 6.41 Å². The molecule has 4 rings (SSSR count). The van der Waals surface area contributed by atoms with E-state index in [1.807, 2.05) is 37.4 Å². The fourth-order valence-electron chi connectivity index (χ4n) is 4.08. The second-order valence-corrected chi connectivity index (χ2v) is 11.3. The molecule has 3 heterocycles. The van der Waals surface area contributed by atoms with Gasteiger partial charge in [-0.15, -0.1) is 24.4 Å². The molecule has 2 aliphatic rings. The summed E-state index contributed by atoms with van der Waals surface area (Å²) in [6, 6.07) is 9.18. The zero-order valence-electron chi connectivity index (χ0n) is 24.4. The largest absolute Gasteiger partial charge is 0.662 e. The molecule has 2 amide bonds. The van der Waals surface area contributed by atoms with Gasteiger partial charge in [0, 0.05) is 49.2 Å². The van der Waals surface area contributed by atoms with E-state index in [1.165, 1.54) is 36.2 Å². The normalized spacial score (nSPS) is 16.8. The predicted molar refractivity (Wildman–Crippen MR) is 158 cm³/mol. The van der Waals surface area contributed by atoms with E-state index in [4.69, 9.17) is 4.79 Å². The van der Waals surface area contributed by atoms with Crippen molar-refractivity contribution in [2.24, 2.45) is 5.73 Å². The standard InChI is InChI=1S/C15H22FN.C9H13NOS.C4H8N.CH3NO.H2O.U/c1-11-9-13(16)5-6-14(11)12-7-8-17(10-12)15(2,3)4;1-3-7(2)10-9(11)8-5-4-6-12-8;1-2-4-5-3-1;2-1-3;;/h5-6,9,12H,7-8,10H2,1-4H3;4-7H,3H2,1-2H3,(H,10,11);1-4H2;1H,(H2,2,3);1H2;/q;;-1;;;/t12-;;;;;/m0...../s1. The molecule has 0 aliphatic carbocycles. The van der Waals surface area contributed by atoms with Gasteiger partial charge in [0.15, 0.2) is 0 Å². The minimum absolute atomic E-state index is 0. The van der Waals surface area contributed by atoms with Gasteiger partial charge in [0.05, 0.1) is 4.88 Å². The minimum atomic E-state index is -0.128. The van der Waals surface area contributed by atoms with Crippen molar-refractivity contribution in [1.29, 1.82) is 0 Å². The van der Waals surface area contributed by atoms with Crippen LogP contribution in [-0.2, 0) is 4.79 Å². The van der Waals surface area contributed by atoms with Crippen molar-refractivity contribution in [2.45, 2.75) is 84.7 Å². The molecule has 7 nitrogen and oxygen atoms in total. The molecule has 2 fully saturated rings. The molecular formula is C29H48FN4O3SU-. The van der Waals surface area contributed by atoms with E-state index in [9.17, 15) is 9.18 Å². The summed E-state index contributed by atoms with van der Waals surface area (Å²) in [7, 11) is 0. The van der Waals surface area contributed by atoms with E-state index in [-0.39, 0.29) is 66.3 Å². The molecule has 2 atom stereocenters. The molecule has 0 spiro atoms. The SMILES string of the molecule is C1CC[N-]C1.CCC(C)NC(=O)c1cccs1.Cc1cc(F)ccc1[C@H]1CCN(C(C)(C)C)C1.NC=O.O.[U]. The summed E-state index contributed by atoms with van der Waals surface area (Å²) in [5, 5.41) is 8.90. The van der Waals surface area contributed by atoms with Crippen LogP contribution in [0.25, 0.3) is 5.32 Å². The van der Waals surface area contributed by atoms with E-state index < -0.39 is 0 Å². The maximum Gasteiger partial charge on any atom is 0.261 e. The van der Waals surface area contributed by atoms with Gasteiger partial charge in [-0.05, 0) is 94.6 Å². The molecule has 1 aromatic carbocycles. The Morgan fingerprint density at radius 3 is 2.31 bits per heavy atom. The van der Waals surface area contributed by atoms with Gasteiger partial charge in [0.1, 0.15) is 5.82 Å². The topological polar surface area (TPSA) is 121 Å². The molecule has 5 N–H and O–H groups in total. The molecule has 2 aliphatic heterocycles. The summed E-state index contributed by atoms with van der Waals surface area (Å²) in [5.74, 6) is 0.478. The van der Waals surface area contributed by atoms with Crippen LogP contribution in [0, 0.1) is 43.9 Å². The molecule has 2 aromatic rings. The van der Waals surface area contributed by atoms with Crippen LogP contribution < -0.4 is 11.1 Å². The number of likely N-dealkylation sites (tertiary alicyclic amines) is 1. The van der Waals surface area contributed by atoms with Crippen molar-refractivity contribution < 1.29 is 50.6 Å². The van der Waals surface area contributed by atoms with Gasteiger partial charge >= 0.3 is 0 Å². The first kappa shape index (κ1) is 39.9. The Labute approximate surface area is 262 Å².